The standard InChI is InChI=1S/C22H20ClNO2/c23-19-12-10-17(11-13-19)14-15-24-22(25)20-8-4-5-9-21(20)26-16-18-6-2-1-3-7-18/h1-13H,14-16H2,(H,24,25). The fourth-order valence-corrected chi connectivity index (χ4v) is 2.71. The van der Waals surface area contributed by atoms with Crippen LogP contribution < -0.4 is 10.1 Å². The summed E-state index contributed by atoms with van der Waals surface area (Å²) < 4.78 is 5.85. The van der Waals surface area contributed by atoms with E-state index in [0.717, 1.165) is 17.5 Å². The molecule has 0 saturated heterocycles. The number of rotatable bonds is 7. The lowest BCUT2D eigenvalue weighted by molar-refractivity contribution is 0.0949. The Hall–Kier alpha value is -2.78. The minimum atomic E-state index is -0.136. The van der Waals surface area contributed by atoms with E-state index in [1.165, 1.54) is 0 Å². The van der Waals surface area contributed by atoms with Crippen molar-refractivity contribution in [3.63, 3.8) is 0 Å². The van der Waals surface area contributed by atoms with Gasteiger partial charge in [-0.2, -0.15) is 0 Å². The first-order valence-corrected chi connectivity index (χ1v) is 8.88. The molecule has 3 rings (SSSR count). The minimum absolute atomic E-state index is 0.136. The van der Waals surface area contributed by atoms with Crippen LogP contribution in [0.3, 0.4) is 0 Å². The molecule has 1 amide bonds. The zero-order valence-corrected chi connectivity index (χ0v) is 15.1. The molecule has 3 nitrogen and oxygen atoms in total. The van der Waals surface area contributed by atoms with Gasteiger partial charge in [-0.05, 0) is 41.8 Å². The highest BCUT2D eigenvalue weighted by molar-refractivity contribution is 6.30. The second-order valence-electron chi connectivity index (χ2n) is 5.90. The summed E-state index contributed by atoms with van der Waals surface area (Å²) in [4.78, 5) is 12.5. The first-order chi connectivity index (χ1) is 12.7. The van der Waals surface area contributed by atoms with Gasteiger partial charge in [-0.15, -0.1) is 0 Å². The molecule has 0 heterocycles. The third kappa shape index (κ3) is 5.11. The Balaban J connectivity index is 1.57. The number of ether oxygens (including phenoxy) is 1. The maximum absolute atomic E-state index is 12.5. The van der Waals surface area contributed by atoms with Crippen molar-refractivity contribution in [3.8, 4) is 5.75 Å². The van der Waals surface area contributed by atoms with Gasteiger partial charge in [-0.3, -0.25) is 4.79 Å². The Bertz CT molecular complexity index is 848. The summed E-state index contributed by atoms with van der Waals surface area (Å²) in [5.41, 5.74) is 2.73. The lowest BCUT2D eigenvalue weighted by Gasteiger charge is -2.12. The van der Waals surface area contributed by atoms with E-state index in [1.54, 1.807) is 6.07 Å². The van der Waals surface area contributed by atoms with Crippen LogP contribution in [0.1, 0.15) is 21.5 Å². The van der Waals surface area contributed by atoms with Gasteiger partial charge >= 0.3 is 0 Å². The minimum Gasteiger partial charge on any atom is -0.488 e. The molecule has 26 heavy (non-hydrogen) atoms. The summed E-state index contributed by atoms with van der Waals surface area (Å²) in [5.74, 6) is 0.447. The predicted molar refractivity (Wildman–Crippen MR) is 105 cm³/mol. The van der Waals surface area contributed by atoms with E-state index in [1.807, 2.05) is 72.8 Å². The Kier molecular flexibility index (Phi) is 6.29. The number of para-hydroxylation sites is 1. The molecular formula is C22H20ClNO2. The van der Waals surface area contributed by atoms with Crippen LogP contribution >= 0.6 is 11.6 Å². The number of carbonyl (C=O) groups is 1. The monoisotopic (exact) mass is 365 g/mol. The summed E-state index contributed by atoms with van der Waals surface area (Å²) in [6.45, 7) is 0.976. The smallest absolute Gasteiger partial charge is 0.255 e. The Morgan fingerprint density at radius 3 is 2.31 bits per heavy atom. The van der Waals surface area contributed by atoms with Gasteiger partial charge in [0.25, 0.3) is 5.91 Å². The Labute approximate surface area is 158 Å². The molecule has 0 atom stereocenters. The lowest BCUT2D eigenvalue weighted by atomic mass is 10.1. The van der Waals surface area contributed by atoms with Gasteiger partial charge in [-0.25, -0.2) is 0 Å². The zero-order valence-electron chi connectivity index (χ0n) is 14.3. The van der Waals surface area contributed by atoms with Crippen LogP contribution in [-0.2, 0) is 13.0 Å². The third-order valence-corrected chi connectivity index (χ3v) is 4.23. The highest BCUT2D eigenvalue weighted by Gasteiger charge is 2.11. The van der Waals surface area contributed by atoms with Gasteiger partial charge in [0.05, 0.1) is 5.56 Å². The molecule has 0 radical (unpaired) electrons. The van der Waals surface area contributed by atoms with Gasteiger partial charge in [0, 0.05) is 11.6 Å². The van der Waals surface area contributed by atoms with Crippen molar-refractivity contribution in [3.05, 3.63) is 101 Å². The van der Waals surface area contributed by atoms with Crippen molar-refractivity contribution in [2.75, 3.05) is 6.54 Å². The average molecular weight is 366 g/mol. The van der Waals surface area contributed by atoms with Crippen molar-refractivity contribution >= 4 is 17.5 Å². The maximum Gasteiger partial charge on any atom is 0.255 e. The molecule has 0 aromatic heterocycles. The summed E-state index contributed by atoms with van der Waals surface area (Å²) in [6.07, 6.45) is 0.746. The van der Waals surface area contributed by atoms with E-state index in [-0.39, 0.29) is 5.91 Å². The largest absolute Gasteiger partial charge is 0.488 e. The quantitative estimate of drug-likeness (QED) is 0.647. The summed E-state index contributed by atoms with van der Waals surface area (Å²) in [5, 5.41) is 3.66. The highest BCUT2D eigenvalue weighted by atomic mass is 35.5. The number of carbonyl (C=O) groups excluding carboxylic acids is 1. The topological polar surface area (TPSA) is 38.3 Å². The average Bonchev–Trinajstić information content (AvgIpc) is 2.69. The van der Waals surface area contributed by atoms with Crippen LogP contribution in [0, 0.1) is 0 Å². The van der Waals surface area contributed by atoms with E-state index >= 15 is 0 Å². The highest BCUT2D eigenvalue weighted by Crippen LogP contribution is 2.19. The van der Waals surface area contributed by atoms with Crippen molar-refractivity contribution < 1.29 is 9.53 Å². The van der Waals surface area contributed by atoms with Crippen LogP contribution in [0.5, 0.6) is 5.75 Å². The van der Waals surface area contributed by atoms with Gasteiger partial charge in [-0.1, -0.05) is 66.2 Å². The van der Waals surface area contributed by atoms with Gasteiger partial charge in [0.1, 0.15) is 12.4 Å². The van der Waals surface area contributed by atoms with Gasteiger partial charge < -0.3 is 10.1 Å². The first-order valence-electron chi connectivity index (χ1n) is 8.51. The molecule has 0 bridgehead atoms. The van der Waals surface area contributed by atoms with E-state index in [9.17, 15) is 4.79 Å². The fourth-order valence-electron chi connectivity index (χ4n) is 2.58. The van der Waals surface area contributed by atoms with Crippen molar-refractivity contribution in [2.24, 2.45) is 0 Å². The van der Waals surface area contributed by atoms with Crippen LogP contribution in [0.15, 0.2) is 78.9 Å². The van der Waals surface area contributed by atoms with Crippen molar-refractivity contribution in [1.82, 2.24) is 5.32 Å². The first kappa shape index (κ1) is 18.0. The SMILES string of the molecule is O=C(NCCc1ccc(Cl)cc1)c1ccccc1OCc1ccccc1. The van der Waals surface area contributed by atoms with Crippen LogP contribution in [0.25, 0.3) is 0 Å². The third-order valence-electron chi connectivity index (χ3n) is 3.98. The molecule has 4 heteroatoms. The van der Waals surface area contributed by atoms with Crippen LogP contribution in [-0.4, -0.2) is 12.5 Å². The molecule has 3 aromatic rings. The lowest BCUT2D eigenvalue weighted by Crippen LogP contribution is -2.26. The maximum atomic E-state index is 12.5. The zero-order chi connectivity index (χ0) is 18.2. The Morgan fingerprint density at radius 2 is 1.54 bits per heavy atom. The van der Waals surface area contributed by atoms with E-state index in [2.05, 4.69) is 5.32 Å². The predicted octanol–water partition coefficient (Wildman–Crippen LogP) is 4.89. The second-order valence-corrected chi connectivity index (χ2v) is 6.34. The summed E-state index contributed by atoms with van der Waals surface area (Å²) in [6, 6.07) is 24.8. The summed E-state index contributed by atoms with van der Waals surface area (Å²) >= 11 is 5.88. The number of hydrogen-bond donors (Lipinski definition) is 1. The van der Waals surface area contributed by atoms with Crippen molar-refractivity contribution in [1.29, 1.82) is 0 Å². The number of benzene rings is 3. The molecule has 0 aliphatic rings. The number of amides is 1. The number of nitrogens with one attached hydrogen (secondary N) is 1. The van der Waals surface area contributed by atoms with Gasteiger partial charge in [0.15, 0.2) is 0 Å². The summed E-state index contributed by atoms with van der Waals surface area (Å²) in [7, 11) is 0. The normalized spacial score (nSPS) is 10.3. The van der Waals surface area contributed by atoms with E-state index in [0.29, 0.717) is 29.5 Å². The molecule has 0 unspecified atom stereocenters. The number of halogens is 1. The second kappa shape index (κ2) is 9.07. The molecule has 0 saturated carbocycles. The Morgan fingerprint density at radius 1 is 0.846 bits per heavy atom. The van der Waals surface area contributed by atoms with E-state index < -0.39 is 0 Å². The molecule has 3 aromatic carbocycles. The van der Waals surface area contributed by atoms with Crippen LogP contribution in [0.2, 0.25) is 5.02 Å². The molecule has 0 aliphatic heterocycles. The fraction of sp³-hybridized carbons (Fsp3) is 0.136. The van der Waals surface area contributed by atoms with Crippen LogP contribution in [0.4, 0.5) is 0 Å². The molecule has 0 fully saturated rings. The van der Waals surface area contributed by atoms with Gasteiger partial charge in [0.2, 0.25) is 0 Å². The molecule has 0 aliphatic carbocycles. The molecule has 1 N–H and O–H groups in total. The van der Waals surface area contributed by atoms with E-state index in [4.69, 9.17) is 16.3 Å². The van der Waals surface area contributed by atoms with Crippen molar-refractivity contribution in [2.45, 2.75) is 13.0 Å². The molecule has 132 valence electrons. The number of hydrogen-bond acceptors (Lipinski definition) is 2. The molecule has 0 spiro atoms. The molecular weight excluding hydrogens is 346 g/mol.